The van der Waals surface area contributed by atoms with Gasteiger partial charge in [0.1, 0.15) is 0 Å². The lowest BCUT2D eigenvalue weighted by Gasteiger charge is -2.38. The van der Waals surface area contributed by atoms with E-state index >= 15 is 0 Å². The number of amides is 1. The molecule has 3 aliphatic rings. The molecule has 1 heterocycles. The predicted molar refractivity (Wildman–Crippen MR) is 101 cm³/mol. The number of hydrogen-bond acceptors (Lipinski definition) is 4. The van der Waals surface area contributed by atoms with Gasteiger partial charge in [-0.05, 0) is 44.9 Å². The lowest BCUT2D eigenvalue weighted by Crippen LogP contribution is -2.54. The third kappa shape index (κ3) is 4.76. The third-order valence-electron chi connectivity index (χ3n) is 5.81. The molecule has 0 aromatic carbocycles. The molecular weight excluding hydrogens is 349 g/mol. The Labute approximate surface area is 158 Å². The molecule has 1 saturated heterocycles. The molecule has 2 saturated carbocycles. The summed E-state index contributed by atoms with van der Waals surface area (Å²) in [5.41, 5.74) is 6.32. The van der Waals surface area contributed by atoms with Crippen LogP contribution in [-0.4, -0.2) is 67.2 Å². The molecule has 2 N–H and O–H groups in total. The summed E-state index contributed by atoms with van der Waals surface area (Å²) in [5, 5.41) is 0. The van der Waals surface area contributed by atoms with Crippen molar-refractivity contribution in [3.63, 3.8) is 0 Å². The van der Waals surface area contributed by atoms with E-state index in [4.69, 9.17) is 10.5 Å². The predicted octanol–water partition coefficient (Wildman–Crippen LogP) is 1.77. The lowest BCUT2D eigenvalue weighted by molar-refractivity contribution is -0.139. The van der Waals surface area contributed by atoms with E-state index in [0.717, 1.165) is 39.3 Å². The highest BCUT2D eigenvalue weighted by molar-refractivity contribution is 5.85. The van der Waals surface area contributed by atoms with Gasteiger partial charge in [0.05, 0.1) is 18.6 Å². The van der Waals surface area contributed by atoms with Crippen LogP contribution in [-0.2, 0) is 9.53 Å². The van der Waals surface area contributed by atoms with E-state index in [1.165, 1.54) is 19.3 Å². The molecule has 142 valence electrons. The molecule has 0 radical (unpaired) electrons. The maximum Gasteiger partial charge on any atom is 0.227 e. The zero-order chi connectivity index (χ0) is 15.7. The smallest absolute Gasteiger partial charge is 0.227 e. The van der Waals surface area contributed by atoms with Gasteiger partial charge in [0.2, 0.25) is 5.91 Å². The van der Waals surface area contributed by atoms with Crippen LogP contribution in [0.4, 0.5) is 0 Å². The summed E-state index contributed by atoms with van der Waals surface area (Å²) in [6, 6.07) is 0.115. The second-order valence-electron chi connectivity index (χ2n) is 7.52. The highest BCUT2D eigenvalue weighted by atomic mass is 35.5. The first-order valence-electron chi connectivity index (χ1n) is 8.94. The van der Waals surface area contributed by atoms with Crippen LogP contribution in [0, 0.1) is 17.8 Å². The highest BCUT2D eigenvalue weighted by Gasteiger charge is 2.50. The molecule has 7 heteroatoms. The van der Waals surface area contributed by atoms with Gasteiger partial charge in [0.25, 0.3) is 0 Å². The largest absolute Gasteiger partial charge is 0.377 e. The summed E-state index contributed by atoms with van der Waals surface area (Å²) >= 11 is 0. The number of carbonyl (C=O) groups is 1. The lowest BCUT2D eigenvalue weighted by atomic mass is 9.84. The Morgan fingerprint density at radius 1 is 1.12 bits per heavy atom. The summed E-state index contributed by atoms with van der Waals surface area (Å²) in [7, 11) is 0. The number of halogens is 2. The van der Waals surface area contributed by atoms with E-state index in [-0.39, 0.29) is 36.8 Å². The standard InChI is InChI=1S/C17H31N3O2.2ClH/c1-12(2)22-10-9-19-5-7-20(8-6-19)17(21)15-13-3-4-14(11-13)16(15)18;;/h12-16H,3-11,18H2,1-2H3;2*1H. The minimum Gasteiger partial charge on any atom is -0.377 e. The molecule has 0 aromatic rings. The number of piperazine rings is 1. The second kappa shape index (κ2) is 9.58. The normalized spacial score (nSPS) is 32.6. The molecule has 1 aliphatic heterocycles. The maximum atomic E-state index is 12.8. The number of nitrogens with two attached hydrogens (primary N) is 1. The van der Waals surface area contributed by atoms with Gasteiger partial charge in [-0.25, -0.2) is 0 Å². The second-order valence-corrected chi connectivity index (χ2v) is 7.52. The summed E-state index contributed by atoms with van der Waals surface area (Å²) < 4.78 is 5.61. The van der Waals surface area contributed by atoms with Crippen molar-refractivity contribution in [3.05, 3.63) is 0 Å². The first kappa shape index (κ1) is 22.0. The van der Waals surface area contributed by atoms with Crippen LogP contribution in [0.2, 0.25) is 0 Å². The van der Waals surface area contributed by atoms with Crippen LogP contribution in [0.3, 0.4) is 0 Å². The van der Waals surface area contributed by atoms with Gasteiger partial charge in [0, 0.05) is 38.8 Å². The van der Waals surface area contributed by atoms with E-state index in [9.17, 15) is 4.79 Å². The van der Waals surface area contributed by atoms with Gasteiger partial charge in [-0.15, -0.1) is 24.8 Å². The maximum absolute atomic E-state index is 12.8. The molecule has 1 amide bonds. The molecule has 0 spiro atoms. The van der Waals surface area contributed by atoms with Crippen molar-refractivity contribution >= 4 is 30.7 Å². The summed E-state index contributed by atoms with van der Waals surface area (Å²) in [6.45, 7) is 9.50. The van der Waals surface area contributed by atoms with Crippen LogP contribution >= 0.6 is 24.8 Å². The Morgan fingerprint density at radius 2 is 1.75 bits per heavy atom. The highest BCUT2D eigenvalue weighted by Crippen LogP contribution is 2.48. The number of nitrogens with zero attached hydrogens (tertiary/aromatic N) is 2. The number of ether oxygens (including phenoxy) is 1. The summed E-state index contributed by atoms with van der Waals surface area (Å²) in [6.07, 6.45) is 3.92. The average Bonchev–Trinajstić information content (AvgIpc) is 3.08. The average molecular weight is 382 g/mol. The quantitative estimate of drug-likeness (QED) is 0.788. The Bertz CT molecular complexity index is 401. The van der Waals surface area contributed by atoms with Crippen LogP contribution in [0.1, 0.15) is 33.1 Å². The first-order valence-corrected chi connectivity index (χ1v) is 8.94. The molecular formula is C17H33Cl2N3O2. The fraction of sp³-hybridized carbons (Fsp3) is 0.941. The van der Waals surface area contributed by atoms with E-state index < -0.39 is 0 Å². The van der Waals surface area contributed by atoms with Crippen LogP contribution < -0.4 is 5.73 Å². The minimum atomic E-state index is 0. The molecule has 4 unspecified atom stereocenters. The molecule has 5 nitrogen and oxygen atoms in total. The third-order valence-corrected chi connectivity index (χ3v) is 5.81. The van der Waals surface area contributed by atoms with E-state index in [0.29, 0.717) is 23.8 Å². The van der Waals surface area contributed by atoms with Crippen LogP contribution in [0.25, 0.3) is 0 Å². The zero-order valence-corrected chi connectivity index (χ0v) is 16.5. The van der Waals surface area contributed by atoms with Crippen molar-refractivity contribution in [1.29, 1.82) is 0 Å². The summed E-state index contributed by atoms with van der Waals surface area (Å²) in [4.78, 5) is 17.3. The Morgan fingerprint density at radius 3 is 2.29 bits per heavy atom. The summed E-state index contributed by atoms with van der Waals surface area (Å²) in [5.74, 6) is 1.60. The molecule has 0 aromatic heterocycles. The van der Waals surface area contributed by atoms with Gasteiger partial charge >= 0.3 is 0 Å². The fourth-order valence-corrected chi connectivity index (χ4v) is 4.52. The number of rotatable bonds is 5. The molecule has 3 fully saturated rings. The molecule has 24 heavy (non-hydrogen) atoms. The van der Waals surface area contributed by atoms with E-state index in [2.05, 4.69) is 23.6 Å². The van der Waals surface area contributed by atoms with E-state index in [1.807, 2.05) is 0 Å². The van der Waals surface area contributed by atoms with Crippen molar-refractivity contribution in [2.75, 3.05) is 39.3 Å². The number of fused-ring (bicyclic) bond motifs is 2. The SMILES string of the molecule is CC(C)OCCN1CCN(C(=O)C2C3CCC(C3)C2N)CC1.Cl.Cl. The molecule has 3 rings (SSSR count). The topological polar surface area (TPSA) is 58.8 Å². The monoisotopic (exact) mass is 381 g/mol. The Kier molecular flexibility index (Phi) is 8.77. The minimum absolute atomic E-state index is 0. The van der Waals surface area contributed by atoms with Gasteiger partial charge in [0.15, 0.2) is 0 Å². The Balaban J connectivity index is 0.00000144. The Hall–Kier alpha value is -0.0700. The van der Waals surface area contributed by atoms with Gasteiger partial charge in [-0.2, -0.15) is 0 Å². The van der Waals surface area contributed by atoms with Crippen molar-refractivity contribution < 1.29 is 9.53 Å². The van der Waals surface area contributed by atoms with E-state index in [1.54, 1.807) is 0 Å². The van der Waals surface area contributed by atoms with Crippen LogP contribution in [0.15, 0.2) is 0 Å². The molecule has 2 aliphatic carbocycles. The van der Waals surface area contributed by atoms with Crippen molar-refractivity contribution in [1.82, 2.24) is 9.80 Å². The number of carbonyl (C=O) groups excluding carboxylic acids is 1. The molecule has 4 atom stereocenters. The molecule has 2 bridgehead atoms. The van der Waals surface area contributed by atoms with Crippen LogP contribution in [0.5, 0.6) is 0 Å². The van der Waals surface area contributed by atoms with Crippen molar-refractivity contribution in [3.8, 4) is 0 Å². The van der Waals surface area contributed by atoms with Crippen molar-refractivity contribution in [2.24, 2.45) is 23.5 Å². The number of hydrogen-bond donors (Lipinski definition) is 1. The van der Waals surface area contributed by atoms with Gasteiger partial charge in [-0.1, -0.05) is 0 Å². The zero-order valence-electron chi connectivity index (χ0n) is 14.9. The fourth-order valence-electron chi connectivity index (χ4n) is 4.52. The van der Waals surface area contributed by atoms with Crippen molar-refractivity contribution in [2.45, 2.75) is 45.3 Å². The van der Waals surface area contributed by atoms with Gasteiger partial charge in [-0.3, -0.25) is 9.69 Å². The van der Waals surface area contributed by atoms with Gasteiger partial charge < -0.3 is 15.4 Å². The first-order chi connectivity index (χ1) is 10.6.